The largest absolute Gasteiger partial charge is 0.383 e. The topological polar surface area (TPSA) is 81.9 Å². The highest BCUT2D eigenvalue weighted by atomic mass is 16.5. The Labute approximate surface area is 123 Å². The molecule has 0 aliphatic carbocycles. The average molecular weight is 289 g/mol. The fraction of sp³-hybridized carbons (Fsp3) is 0.429. The van der Waals surface area contributed by atoms with Gasteiger partial charge < -0.3 is 14.6 Å². The molecule has 1 N–H and O–H groups in total. The smallest absolute Gasteiger partial charge is 0.254 e. The van der Waals surface area contributed by atoms with Gasteiger partial charge in [0.1, 0.15) is 5.82 Å². The van der Waals surface area contributed by atoms with Crippen LogP contribution < -0.4 is 5.32 Å². The molecule has 0 spiro atoms. The number of nitrogens with one attached hydrogen (secondary N) is 1. The van der Waals surface area contributed by atoms with E-state index in [0.29, 0.717) is 25.3 Å². The molecule has 2 heterocycles. The maximum atomic E-state index is 12.0. The van der Waals surface area contributed by atoms with Crippen LogP contribution in [-0.2, 0) is 24.2 Å². The number of carbonyl (C=O) groups is 1. The molecule has 0 aromatic carbocycles. The summed E-state index contributed by atoms with van der Waals surface area (Å²) in [6.45, 7) is 3.67. The molecule has 112 valence electrons. The molecule has 0 atom stereocenters. The van der Waals surface area contributed by atoms with Crippen molar-refractivity contribution in [3.05, 3.63) is 42.0 Å². The van der Waals surface area contributed by atoms with Crippen LogP contribution in [0, 0.1) is 0 Å². The highest BCUT2D eigenvalue weighted by Gasteiger charge is 2.08. The van der Waals surface area contributed by atoms with E-state index in [1.165, 1.54) is 0 Å². The van der Waals surface area contributed by atoms with E-state index in [2.05, 4.69) is 20.3 Å². The van der Waals surface area contributed by atoms with Crippen LogP contribution in [-0.4, -0.2) is 39.1 Å². The van der Waals surface area contributed by atoms with Gasteiger partial charge in [-0.25, -0.2) is 15.0 Å². The second-order valence-corrected chi connectivity index (χ2v) is 4.50. The van der Waals surface area contributed by atoms with Crippen LogP contribution in [0.15, 0.2) is 24.9 Å². The zero-order valence-electron chi connectivity index (χ0n) is 12.2. The summed E-state index contributed by atoms with van der Waals surface area (Å²) in [4.78, 5) is 24.3. The lowest BCUT2D eigenvalue weighted by molar-refractivity contribution is 0.0949. The van der Waals surface area contributed by atoms with E-state index in [1.54, 1.807) is 32.0 Å². The number of rotatable bonds is 7. The van der Waals surface area contributed by atoms with Crippen molar-refractivity contribution in [1.82, 2.24) is 24.8 Å². The molecule has 0 fully saturated rings. The van der Waals surface area contributed by atoms with Gasteiger partial charge in [0, 0.05) is 38.7 Å². The third-order valence-corrected chi connectivity index (χ3v) is 3.05. The summed E-state index contributed by atoms with van der Waals surface area (Å²) in [5.74, 6) is 0.529. The predicted molar refractivity (Wildman–Crippen MR) is 76.7 cm³/mol. The molecule has 0 radical (unpaired) electrons. The molecule has 0 aliphatic rings. The van der Waals surface area contributed by atoms with Crippen molar-refractivity contribution in [2.45, 2.75) is 26.4 Å². The van der Waals surface area contributed by atoms with Crippen LogP contribution in [0.1, 0.15) is 28.8 Å². The van der Waals surface area contributed by atoms with Crippen LogP contribution in [0.25, 0.3) is 0 Å². The van der Waals surface area contributed by atoms with E-state index in [9.17, 15) is 4.79 Å². The molecule has 7 nitrogen and oxygen atoms in total. The van der Waals surface area contributed by atoms with Gasteiger partial charge in [-0.05, 0) is 0 Å². The molecule has 0 unspecified atom stereocenters. The van der Waals surface area contributed by atoms with E-state index in [0.717, 1.165) is 17.9 Å². The van der Waals surface area contributed by atoms with Crippen molar-refractivity contribution >= 4 is 5.91 Å². The molecule has 0 bridgehead atoms. The minimum Gasteiger partial charge on any atom is -0.383 e. The van der Waals surface area contributed by atoms with E-state index < -0.39 is 0 Å². The maximum Gasteiger partial charge on any atom is 0.254 e. The maximum absolute atomic E-state index is 12.0. The van der Waals surface area contributed by atoms with Crippen LogP contribution in [0.5, 0.6) is 0 Å². The first-order valence-electron chi connectivity index (χ1n) is 6.81. The number of aromatic nitrogens is 4. The molecule has 21 heavy (non-hydrogen) atoms. The van der Waals surface area contributed by atoms with Gasteiger partial charge >= 0.3 is 0 Å². The Kier molecular flexibility index (Phi) is 5.39. The van der Waals surface area contributed by atoms with Crippen molar-refractivity contribution in [3.63, 3.8) is 0 Å². The fourth-order valence-electron chi connectivity index (χ4n) is 1.81. The number of aryl methyl sites for hydroxylation is 1. The van der Waals surface area contributed by atoms with Gasteiger partial charge in [0.15, 0.2) is 0 Å². The summed E-state index contributed by atoms with van der Waals surface area (Å²) in [5.41, 5.74) is 1.38. The summed E-state index contributed by atoms with van der Waals surface area (Å²) in [7, 11) is 1.65. The third-order valence-electron chi connectivity index (χ3n) is 3.05. The first-order chi connectivity index (χ1) is 10.2. The average Bonchev–Trinajstić information content (AvgIpc) is 2.98. The van der Waals surface area contributed by atoms with Gasteiger partial charge in [0.2, 0.25) is 0 Å². The molecule has 7 heteroatoms. The number of ether oxygens (including phenoxy) is 1. The van der Waals surface area contributed by atoms with Gasteiger partial charge in [0.05, 0.1) is 30.7 Å². The summed E-state index contributed by atoms with van der Waals surface area (Å²) < 4.78 is 6.98. The molecular weight excluding hydrogens is 270 g/mol. The number of hydrogen-bond donors (Lipinski definition) is 1. The Morgan fingerprint density at radius 2 is 2.10 bits per heavy atom. The van der Waals surface area contributed by atoms with Crippen molar-refractivity contribution in [3.8, 4) is 0 Å². The van der Waals surface area contributed by atoms with Crippen molar-refractivity contribution in [2.75, 3.05) is 13.7 Å². The minimum absolute atomic E-state index is 0.197. The Bertz CT molecular complexity index is 579. The van der Waals surface area contributed by atoms with E-state index in [4.69, 9.17) is 4.74 Å². The molecule has 2 aromatic heterocycles. The van der Waals surface area contributed by atoms with Gasteiger partial charge in [0.25, 0.3) is 5.91 Å². The Hall–Kier alpha value is -2.28. The molecule has 1 amide bonds. The molecular formula is C14H19N5O2. The SMILES string of the molecule is CCc1ncc(C(=O)NCc2cncn2CCOC)cn1. The fourth-order valence-corrected chi connectivity index (χ4v) is 1.81. The van der Waals surface area contributed by atoms with Crippen LogP contribution in [0.2, 0.25) is 0 Å². The highest BCUT2D eigenvalue weighted by Crippen LogP contribution is 2.01. The second kappa shape index (κ2) is 7.49. The zero-order valence-corrected chi connectivity index (χ0v) is 12.2. The zero-order chi connectivity index (χ0) is 15.1. The van der Waals surface area contributed by atoms with Crippen molar-refractivity contribution in [2.24, 2.45) is 0 Å². The number of nitrogens with zero attached hydrogens (tertiary/aromatic N) is 4. The normalized spacial score (nSPS) is 10.6. The lowest BCUT2D eigenvalue weighted by Gasteiger charge is -2.08. The number of carbonyl (C=O) groups excluding carboxylic acids is 1. The lowest BCUT2D eigenvalue weighted by atomic mass is 10.3. The number of methoxy groups -OCH3 is 1. The van der Waals surface area contributed by atoms with Gasteiger partial charge in [-0.3, -0.25) is 4.79 Å². The minimum atomic E-state index is -0.197. The quantitative estimate of drug-likeness (QED) is 0.815. The van der Waals surface area contributed by atoms with Crippen LogP contribution in [0.4, 0.5) is 0 Å². The van der Waals surface area contributed by atoms with Gasteiger partial charge in [-0.2, -0.15) is 0 Å². The monoisotopic (exact) mass is 289 g/mol. The number of hydrogen-bond acceptors (Lipinski definition) is 5. The Balaban J connectivity index is 1.92. The van der Waals surface area contributed by atoms with Gasteiger partial charge in [-0.15, -0.1) is 0 Å². The summed E-state index contributed by atoms with van der Waals surface area (Å²) in [5, 5.41) is 2.84. The Morgan fingerprint density at radius 1 is 1.33 bits per heavy atom. The molecule has 0 saturated carbocycles. The summed E-state index contributed by atoms with van der Waals surface area (Å²) in [6, 6.07) is 0. The summed E-state index contributed by atoms with van der Waals surface area (Å²) >= 11 is 0. The molecule has 0 saturated heterocycles. The number of imidazole rings is 1. The second-order valence-electron chi connectivity index (χ2n) is 4.50. The molecule has 2 rings (SSSR count). The van der Waals surface area contributed by atoms with E-state index in [-0.39, 0.29) is 5.91 Å². The number of amides is 1. The lowest BCUT2D eigenvalue weighted by Crippen LogP contribution is -2.25. The Morgan fingerprint density at radius 3 is 2.76 bits per heavy atom. The van der Waals surface area contributed by atoms with E-state index in [1.807, 2.05) is 11.5 Å². The van der Waals surface area contributed by atoms with Crippen molar-refractivity contribution < 1.29 is 9.53 Å². The van der Waals surface area contributed by atoms with E-state index >= 15 is 0 Å². The van der Waals surface area contributed by atoms with Crippen molar-refractivity contribution in [1.29, 1.82) is 0 Å². The molecule has 2 aromatic rings. The van der Waals surface area contributed by atoms with Crippen LogP contribution in [0.3, 0.4) is 0 Å². The molecule has 0 aliphatic heterocycles. The first kappa shape index (κ1) is 15.1. The highest BCUT2D eigenvalue weighted by molar-refractivity contribution is 5.93. The summed E-state index contributed by atoms with van der Waals surface area (Å²) in [6.07, 6.45) is 7.29. The van der Waals surface area contributed by atoms with Gasteiger partial charge in [-0.1, -0.05) is 6.92 Å². The first-order valence-corrected chi connectivity index (χ1v) is 6.81. The predicted octanol–water partition coefficient (Wildman–Crippen LogP) is 0.812. The third kappa shape index (κ3) is 4.09. The van der Waals surface area contributed by atoms with Crippen LogP contribution >= 0.6 is 0 Å². The standard InChI is InChI=1S/C14H19N5O2/c1-3-13-16-6-11(7-17-13)14(20)18-9-12-8-15-10-19(12)4-5-21-2/h6-8,10H,3-5,9H2,1-2H3,(H,18,20).